The fraction of sp³-hybridized carbons (Fsp3) is 0.889. The van der Waals surface area contributed by atoms with Crippen molar-refractivity contribution in [3.8, 4) is 0 Å². The smallest absolute Gasteiger partial charge is 0.207 e. The Labute approximate surface area is 68.0 Å². The zero-order chi connectivity index (χ0) is 8.74. The van der Waals surface area contributed by atoms with E-state index in [1.54, 1.807) is 0 Å². The van der Waals surface area contributed by atoms with Gasteiger partial charge in [-0.25, -0.2) is 8.78 Å². The van der Waals surface area contributed by atoms with E-state index in [-0.39, 0.29) is 12.8 Å². The van der Waals surface area contributed by atoms with Crippen LogP contribution in [0.5, 0.6) is 0 Å². The minimum Gasteiger partial charge on any atom is -0.207 e. The van der Waals surface area contributed by atoms with Crippen molar-refractivity contribution in [3.63, 3.8) is 0 Å². The Morgan fingerprint density at radius 1 is 1.18 bits per heavy atom. The highest BCUT2D eigenvalue weighted by Crippen LogP contribution is 2.26. The van der Waals surface area contributed by atoms with Gasteiger partial charge in [-0.15, -0.1) is 0 Å². The molecule has 0 fully saturated rings. The lowest BCUT2D eigenvalue weighted by molar-refractivity contribution is -0.0175. The van der Waals surface area contributed by atoms with Crippen LogP contribution in [0.3, 0.4) is 0 Å². The first-order chi connectivity index (χ1) is 5.12. The molecule has 0 aliphatic rings. The minimum atomic E-state index is -2.46. The molecule has 0 aromatic heterocycles. The number of rotatable bonds is 6. The molecule has 0 aromatic rings. The van der Waals surface area contributed by atoms with Gasteiger partial charge in [-0.05, 0) is 12.8 Å². The maximum absolute atomic E-state index is 12.7. The van der Waals surface area contributed by atoms with E-state index in [4.69, 9.17) is 0 Å². The molecule has 11 heavy (non-hydrogen) atoms. The van der Waals surface area contributed by atoms with Crippen LogP contribution in [0.4, 0.5) is 8.78 Å². The first-order valence-corrected chi connectivity index (χ1v) is 4.29. The van der Waals surface area contributed by atoms with Crippen molar-refractivity contribution in [1.82, 2.24) is 0 Å². The summed E-state index contributed by atoms with van der Waals surface area (Å²) in [6.07, 6.45) is 2.86. The molecule has 0 bridgehead atoms. The summed E-state index contributed by atoms with van der Waals surface area (Å²) in [5.41, 5.74) is 0. The zero-order valence-electron chi connectivity index (χ0n) is 7.21. The van der Waals surface area contributed by atoms with E-state index in [1.807, 2.05) is 6.92 Å². The third kappa shape index (κ3) is 6.27. The fourth-order valence-corrected chi connectivity index (χ4v) is 1.02. The monoisotopic (exact) mass is 163 g/mol. The molecule has 0 aromatic carbocycles. The van der Waals surface area contributed by atoms with E-state index in [1.165, 1.54) is 0 Å². The largest absolute Gasteiger partial charge is 0.248 e. The van der Waals surface area contributed by atoms with E-state index in [0.717, 1.165) is 12.8 Å². The van der Waals surface area contributed by atoms with Crippen molar-refractivity contribution < 1.29 is 8.78 Å². The van der Waals surface area contributed by atoms with Crippen molar-refractivity contribution in [3.05, 3.63) is 6.92 Å². The van der Waals surface area contributed by atoms with E-state index < -0.39 is 5.92 Å². The van der Waals surface area contributed by atoms with Gasteiger partial charge in [0.15, 0.2) is 0 Å². The lowest BCUT2D eigenvalue weighted by Gasteiger charge is -2.14. The standard InChI is InChI=1S/C9H17F2/c1-3-5-6-8-9(10,11)7-4-2/h2-8H2,1H3. The van der Waals surface area contributed by atoms with Gasteiger partial charge in [0, 0.05) is 12.8 Å². The lowest BCUT2D eigenvalue weighted by Crippen LogP contribution is -2.14. The Bertz CT molecular complexity index is 89.6. The average molecular weight is 163 g/mol. The van der Waals surface area contributed by atoms with E-state index in [2.05, 4.69) is 6.92 Å². The number of halogens is 2. The lowest BCUT2D eigenvalue weighted by atomic mass is 10.1. The van der Waals surface area contributed by atoms with Crippen molar-refractivity contribution in [2.24, 2.45) is 0 Å². The number of hydrogen-bond acceptors (Lipinski definition) is 0. The molecular formula is C9H17F2. The second-order valence-corrected chi connectivity index (χ2v) is 2.92. The third-order valence-corrected chi connectivity index (χ3v) is 1.69. The molecule has 0 nitrogen and oxygen atoms in total. The van der Waals surface area contributed by atoms with Crippen molar-refractivity contribution in [1.29, 1.82) is 0 Å². The number of unbranched alkanes of at least 4 members (excludes halogenated alkanes) is 2. The van der Waals surface area contributed by atoms with Crippen LogP contribution < -0.4 is 0 Å². The molecule has 2 heteroatoms. The molecule has 0 rings (SSSR count). The SMILES string of the molecule is [CH2]CCC(F)(F)CCCCC. The van der Waals surface area contributed by atoms with Crippen LogP contribution in [0.15, 0.2) is 0 Å². The van der Waals surface area contributed by atoms with Gasteiger partial charge in [0.05, 0.1) is 0 Å². The van der Waals surface area contributed by atoms with Crippen LogP contribution in [-0.4, -0.2) is 5.92 Å². The van der Waals surface area contributed by atoms with Gasteiger partial charge in [-0.3, -0.25) is 0 Å². The molecule has 1 radical (unpaired) electrons. The Balaban J connectivity index is 3.38. The van der Waals surface area contributed by atoms with Crippen LogP contribution in [0.2, 0.25) is 0 Å². The highest BCUT2D eigenvalue weighted by molar-refractivity contribution is 4.66. The second kappa shape index (κ2) is 5.50. The van der Waals surface area contributed by atoms with Crippen LogP contribution in [-0.2, 0) is 0 Å². The van der Waals surface area contributed by atoms with Gasteiger partial charge in [-0.1, -0.05) is 26.7 Å². The molecule has 0 heterocycles. The maximum Gasteiger partial charge on any atom is 0.248 e. The van der Waals surface area contributed by atoms with E-state index in [9.17, 15) is 8.78 Å². The summed E-state index contributed by atoms with van der Waals surface area (Å²) in [6.45, 7) is 5.43. The minimum absolute atomic E-state index is 0.0381. The Hall–Kier alpha value is -0.140. The topological polar surface area (TPSA) is 0 Å². The summed E-state index contributed by atoms with van der Waals surface area (Å²) in [4.78, 5) is 0. The van der Waals surface area contributed by atoms with Gasteiger partial charge in [-0.2, -0.15) is 0 Å². The van der Waals surface area contributed by atoms with Crippen molar-refractivity contribution >= 4 is 0 Å². The molecule has 0 saturated heterocycles. The summed E-state index contributed by atoms with van der Waals surface area (Å²) < 4.78 is 25.4. The van der Waals surface area contributed by atoms with Crippen molar-refractivity contribution in [2.75, 3.05) is 0 Å². The second-order valence-electron chi connectivity index (χ2n) is 2.92. The molecule has 0 amide bonds. The Morgan fingerprint density at radius 3 is 2.27 bits per heavy atom. The summed E-state index contributed by atoms with van der Waals surface area (Å²) in [5, 5.41) is 0. The summed E-state index contributed by atoms with van der Waals surface area (Å²) >= 11 is 0. The fourth-order valence-electron chi connectivity index (χ4n) is 1.02. The maximum atomic E-state index is 12.7. The highest BCUT2D eigenvalue weighted by Gasteiger charge is 2.25. The first kappa shape index (κ1) is 10.9. The van der Waals surface area contributed by atoms with Gasteiger partial charge >= 0.3 is 0 Å². The predicted octanol–water partition coefficient (Wildman–Crippen LogP) is 3.82. The molecule has 0 spiro atoms. The average Bonchev–Trinajstić information content (AvgIpc) is 1.87. The molecule has 0 aliphatic carbocycles. The third-order valence-electron chi connectivity index (χ3n) is 1.69. The molecule has 0 saturated carbocycles. The Morgan fingerprint density at radius 2 is 1.82 bits per heavy atom. The molecule has 0 N–H and O–H groups in total. The summed E-state index contributed by atoms with van der Waals surface area (Å²) in [6, 6.07) is 0. The van der Waals surface area contributed by atoms with Gasteiger partial charge in [0.25, 0.3) is 0 Å². The van der Waals surface area contributed by atoms with Gasteiger partial charge in [0.1, 0.15) is 0 Å². The van der Waals surface area contributed by atoms with Gasteiger partial charge < -0.3 is 0 Å². The van der Waals surface area contributed by atoms with Crippen LogP contribution in [0.25, 0.3) is 0 Å². The molecule has 0 atom stereocenters. The quantitative estimate of drug-likeness (QED) is 0.522. The first-order valence-electron chi connectivity index (χ1n) is 4.29. The number of alkyl halides is 2. The number of hydrogen-bond donors (Lipinski definition) is 0. The molecular weight excluding hydrogens is 146 g/mol. The normalized spacial score (nSPS) is 12.0. The highest BCUT2D eigenvalue weighted by atomic mass is 19.3. The van der Waals surface area contributed by atoms with Crippen molar-refractivity contribution in [2.45, 2.75) is 51.4 Å². The Kier molecular flexibility index (Phi) is 5.43. The van der Waals surface area contributed by atoms with E-state index >= 15 is 0 Å². The van der Waals surface area contributed by atoms with E-state index in [0.29, 0.717) is 12.8 Å². The summed E-state index contributed by atoms with van der Waals surface area (Å²) in [7, 11) is 0. The van der Waals surface area contributed by atoms with Crippen LogP contribution >= 0.6 is 0 Å². The van der Waals surface area contributed by atoms with Crippen LogP contribution in [0.1, 0.15) is 45.4 Å². The summed E-state index contributed by atoms with van der Waals surface area (Å²) in [5.74, 6) is -2.46. The molecule has 0 aliphatic heterocycles. The predicted molar refractivity (Wildman–Crippen MR) is 43.7 cm³/mol. The molecule has 67 valence electrons. The van der Waals surface area contributed by atoms with Crippen LogP contribution in [0, 0.1) is 6.92 Å². The zero-order valence-corrected chi connectivity index (χ0v) is 7.21. The van der Waals surface area contributed by atoms with Gasteiger partial charge in [0.2, 0.25) is 5.92 Å². The molecule has 0 unspecified atom stereocenters.